The lowest BCUT2D eigenvalue weighted by molar-refractivity contribution is -0.281. The Hall–Kier alpha value is -1.81. The zero-order chi connectivity index (χ0) is 21.6. The first kappa shape index (κ1) is 20.1. The number of aliphatic hydroxyl groups is 1. The van der Waals surface area contributed by atoms with Gasteiger partial charge in [-0.1, -0.05) is 0 Å². The van der Waals surface area contributed by atoms with E-state index in [2.05, 4.69) is 6.07 Å². The third kappa shape index (κ3) is 2.86. The molecule has 1 saturated heterocycles. The van der Waals surface area contributed by atoms with Crippen molar-refractivity contribution in [3.8, 4) is 6.07 Å². The highest BCUT2D eigenvalue weighted by molar-refractivity contribution is 5.88. The van der Waals surface area contributed by atoms with Crippen LogP contribution < -0.4 is 5.11 Å². The molecule has 6 rings (SSSR count). The lowest BCUT2D eigenvalue weighted by Crippen LogP contribution is -2.71. The number of fused-ring (bicyclic) bond motifs is 1. The number of carbonyl (C=O) groups is 2. The van der Waals surface area contributed by atoms with Gasteiger partial charge in [-0.05, 0) is 89.9 Å². The van der Waals surface area contributed by atoms with Crippen molar-refractivity contribution in [2.45, 2.75) is 101 Å². The predicted octanol–water partition coefficient (Wildman–Crippen LogP) is 1.64. The van der Waals surface area contributed by atoms with Crippen LogP contribution >= 0.6 is 0 Å². The number of hydrogen-bond donors (Lipinski definition) is 1. The average Bonchev–Trinajstić information content (AvgIpc) is 3.25. The highest BCUT2D eigenvalue weighted by Gasteiger charge is 2.65. The van der Waals surface area contributed by atoms with Crippen molar-refractivity contribution in [2.24, 2.45) is 23.2 Å². The first-order valence-electron chi connectivity index (χ1n) is 11.4. The van der Waals surface area contributed by atoms with Crippen LogP contribution in [0.1, 0.15) is 72.1 Å². The van der Waals surface area contributed by atoms with Gasteiger partial charge in [0.2, 0.25) is 5.91 Å². The maximum atomic E-state index is 14.1. The summed E-state index contributed by atoms with van der Waals surface area (Å²) in [6, 6.07) is 0.944. The van der Waals surface area contributed by atoms with Crippen LogP contribution in [0.2, 0.25) is 0 Å². The minimum atomic E-state index is -1.34. The van der Waals surface area contributed by atoms with Gasteiger partial charge < -0.3 is 24.8 Å². The average molecular weight is 415 g/mol. The van der Waals surface area contributed by atoms with E-state index in [9.17, 15) is 25.1 Å². The molecule has 0 aromatic heterocycles. The van der Waals surface area contributed by atoms with Gasteiger partial charge in [-0.2, -0.15) is 5.26 Å². The fourth-order valence-corrected chi connectivity index (χ4v) is 8.05. The van der Waals surface area contributed by atoms with E-state index >= 15 is 0 Å². The summed E-state index contributed by atoms with van der Waals surface area (Å²) in [6.45, 7) is 5.39. The van der Waals surface area contributed by atoms with E-state index < -0.39 is 34.7 Å². The summed E-state index contributed by atoms with van der Waals surface area (Å²) in [6.07, 6.45) is 4.79. The fraction of sp³-hybridized carbons (Fsp3) is 0.870. The molecule has 164 valence electrons. The number of nitrogens with zero attached hydrogens (tertiary/aromatic N) is 3. The van der Waals surface area contributed by atoms with Crippen LogP contribution in [0.3, 0.4) is 0 Å². The van der Waals surface area contributed by atoms with Gasteiger partial charge in [0.05, 0.1) is 11.7 Å². The molecule has 30 heavy (non-hydrogen) atoms. The van der Waals surface area contributed by atoms with Crippen LogP contribution in [-0.2, 0) is 4.79 Å². The molecule has 8 atom stereocenters. The fourth-order valence-electron chi connectivity index (χ4n) is 8.05. The zero-order valence-electron chi connectivity index (χ0n) is 18.1. The third-order valence-corrected chi connectivity index (χ3v) is 8.57. The molecule has 0 aromatic rings. The zero-order valence-corrected chi connectivity index (χ0v) is 18.1. The van der Waals surface area contributed by atoms with E-state index in [0.717, 1.165) is 38.5 Å². The predicted molar refractivity (Wildman–Crippen MR) is 106 cm³/mol. The topological polar surface area (TPSA) is 108 Å². The minimum Gasteiger partial charge on any atom is -0.530 e. The molecule has 5 aliphatic carbocycles. The lowest BCUT2D eigenvalue weighted by atomic mass is 9.45. The van der Waals surface area contributed by atoms with Gasteiger partial charge >= 0.3 is 0 Å². The van der Waals surface area contributed by atoms with Gasteiger partial charge in [0, 0.05) is 17.0 Å². The molecule has 7 heteroatoms. The van der Waals surface area contributed by atoms with Crippen molar-refractivity contribution in [1.82, 2.24) is 9.80 Å². The maximum absolute atomic E-state index is 14.1. The SMILES string of the molecule is CC(C)(C)N(C(=O)[O-])[C@H](C(=O)N1[C@H](C#N)C[C@@H]2C[C@@H]21)C12C[C@@H]3C[C@@H](CC(O)(C3)C1)C2. The van der Waals surface area contributed by atoms with Crippen LogP contribution in [0.5, 0.6) is 0 Å². The van der Waals surface area contributed by atoms with Gasteiger partial charge in [-0.3, -0.25) is 4.79 Å². The van der Waals surface area contributed by atoms with Gasteiger partial charge in [0.25, 0.3) is 0 Å². The third-order valence-electron chi connectivity index (χ3n) is 8.57. The largest absolute Gasteiger partial charge is 0.530 e. The second-order valence-corrected chi connectivity index (χ2v) is 11.9. The summed E-state index contributed by atoms with van der Waals surface area (Å²) in [4.78, 5) is 29.5. The number of likely N-dealkylation sites (tertiary alicyclic amines) is 1. The molecule has 1 heterocycles. The molecule has 6 fully saturated rings. The number of rotatable bonds is 3. The van der Waals surface area contributed by atoms with Crippen molar-refractivity contribution >= 4 is 12.0 Å². The van der Waals surface area contributed by atoms with Gasteiger partial charge in [0.1, 0.15) is 18.2 Å². The molecule has 6 aliphatic rings. The first-order valence-corrected chi connectivity index (χ1v) is 11.4. The van der Waals surface area contributed by atoms with Gasteiger partial charge in [0.15, 0.2) is 0 Å². The van der Waals surface area contributed by atoms with Crippen molar-refractivity contribution in [1.29, 1.82) is 5.26 Å². The molecule has 7 nitrogen and oxygen atoms in total. The second kappa shape index (κ2) is 6.12. The number of amides is 2. The standard InChI is InChI=1S/C23H33N3O4/c1-21(2,3)26(20(28)29)18(19(27)25-16(11-24)5-15-6-17(15)25)22-7-13-4-14(8-22)10-23(30,9-13)12-22/h13-18,30H,4-10,12H2,1-3H3,(H,28,29)/p-1/t13-,14+,15-,16+,17+,18-,22?,23?/m1/s1. The monoisotopic (exact) mass is 414 g/mol. The van der Waals surface area contributed by atoms with E-state index in [4.69, 9.17) is 0 Å². The molecule has 2 amide bonds. The molecule has 0 spiro atoms. The minimum absolute atomic E-state index is 0.0604. The molecule has 0 radical (unpaired) electrons. The normalized spacial score (nSPS) is 44.4. The molecule has 0 aromatic carbocycles. The van der Waals surface area contributed by atoms with Crippen LogP contribution in [0.4, 0.5) is 4.79 Å². The van der Waals surface area contributed by atoms with Gasteiger partial charge in [-0.25, -0.2) is 0 Å². The van der Waals surface area contributed by atoms with Crippen LogP contribution in [-0.4, -0.2) is 56.2 Å². The molecule has 1 aliphatic heterocycles. The number of carboxylic acid groups (broad SMARTS) is 1. The van der Waals surface area contributed by atoms with Crippen molar-refractivity contribution < 1.29 is 19.8 Å². The van der Waals surface area contributed by atoms with Crippen molar-refractivity contribution in [2.75, 3.05) is 0 Å². The molecule has 1 N–H and O–H groups in total. The van der Waals surface area contributed by atoms with Crippen LogP contribution in [0.25, 0.3) is 0 Å². The van der Waals surface area contributed by atoms with Gasteiger partial charge in [-0.15, -0.1) is 0 Å². The first-order chi connectivity index (χ1) is 14.0. The Morgan fingerprint density at radius 1 is 1.17 bits per heavy atom. The number of carbonyl (C=O) groups excluding carboxylic acids is 2. The molecular formula is C23H32N3O4-. The number of hydrogen-bond acceptors (Lipinski definition) is 5. The van der Waals surface area contributed by atoms with Crippen molar-refractivity contribution in [3.05, 3.63) is 0 Å². The summed E-state index contributed by atoms with van der Waals surface area (Å²) in [5, 5.41) is 33.4. The lowest BCUT2D eigenvalue weighted by Gasteiger charge is -2.64. The maximum Gasteiger partial charge on any atom is 0.247 e. The van der Waals surface area contributed by atoms with Crippen LogP contribution in [0, 0.1) is 34.5 Å². The highest BCUT2D eigenvalue weighted by atomic mass is 16.4. The van der Waals surface area contributed by atoms with E-state index in [-0.39, 0.29) is 11.9 Å². The Bertz CT molecular complexity index is 813. The summed E-state index contributed by atoms with van der Waals surface area (Å²) < 4.78 is 0. The smallest absolute Gasteiger partial charge is 0.247 e. The summed E-state index contributed by atoms with van der Waals surface area (Å²) in [7, 11) is 0. The Balaban J connectivity index is 1.60. The van der Waals surface area contributed by atoms with E-state index in [0.29, 0.717) is 30.6 Å². The highest BCUT2D eigenvalue weighted by Crippen LogP contribution is 2.64. The Labute approximate surface area is 178 Å². The van der Waals surface area contributed by atoms with Crippen molar-refractivity contribution in [3.63, 3.8) is 0 Å². The molecule has 2 unspecified atom stereocenters. The number of piperidine rings is 1. The van der Waals surface area contributed by atoms with Crippen LogP contribution in [0.15, 0.2) is 0 Å². The number of nitriles is 1. The molecular weight excluding hydrogens is 382 g/mol. The Morgan fingerprint density at radius 3 is 2.30 bits per heavy atom. The summed E-state index contributed by atoms with van der Waals surface area (Å²) in [5.74, 6) is 0.783. The molecule has 4 bridgehead atoms. The summed E-state index contributed by atoms with van der Waals surface area (Å²) in [5.41, 5.74) is -2.22. The summed E-state index contributed by atoms with van der Waals surface area (Å²) >= 11 is 0. The molecule has 5 saturated carbocycles. The Morgan fingerprint density at radius 2 is 1.80 bits per heavy atom. The second-order valence-electron chi connectivity index (χ2n) is 11.9. The quantitative estimate of drug-likeness (QED) is 0.755. The van der Waals surface area contributed by atoms with E-state index in [1.54, 1.807) is 25.7 Å². The van der Waals surface area contributed by atoms with E-state index in [1.165, 1.54) is 4.90 Å². The Kier molecular flexibility index (Phi) is 4.10. The van der Waals surface area contributed by atoms with E-state index in [1.807, 2.05) is 0 Å².